The van der Waals surface area contributed by atoms with Crippen LogP contribution in [0.15, 0.2) is 36.5 Å². The molecule has 0 atom stereocenters. The van der Waals surface area contributed by atoms with Gasteiger partial charge in [0.05, 0.1) is 14.2 Å². The first-order chi connectivity index (χ1) is 9.19. The maximum atomic E-state index is 13.8. The van der Waals surface area contributed by atoms with Gasteiger partial charge in [0.2, 0.25) is 5.78 Å². The van der Waals surface area contributed by atoms with Crippen molar-refractivity contribution in [2.45, 2.75) is 0 Å². The number of pyridine rings is 1. The molecule has 1 aromatic carbocycles. The number of aromatic nitrogens is 1. The number of methoxy groups -OCH3 is 2. The Morgan fingerprint density at radius 1 is 1.11 bits per heavy atom. The molecule has 0 aliphatic rings. The van der Waals surface area contributed by atoms with Crippen LogP contribution in [0.4, 0.5) is 4.39 Å². The number of carbonyl (C=O) groups excluding carboxylic acids is 1. The second kappa shape index (κ2) is 5.48. The fraction of sp³-hybridized carbons (Fsp3) is 0.143. The average Bonchev–Trinajstić information content (AvgIpc) is 2.46. The molecule has 0 unspecified atom stereocenters. The van der Waals surface area contributed by atoms with Crippen LogP contribution in [-0.4, -0.2) is 25.0 Å². The summed E-state index contributed by atoms with van der Waals surface area (Å²) < 4.78 is 23.9. The van der Waals surface area contributed by atoms with Crippen molar-refractivity contribution in [2.75, 3.05) is 14.2 Å². The minimum absolute atomic E-state index is 0.0494. The van der Waals surface area contributed by atoms with Crippen molar-refractivity contribution in [3.63, 3.8) is 0 Å². The first kappa shape index (κ1) is 13.0. The van der Waals surface area contributed by atoms with Crippen LogP contribution in [0.2, 0.25) is 0 Å². The van der Waals surface area contributed by atoms with Crippen molar-refractivity contribution >= 4 is 5.78 Å². The van der Waals surface area contributed by atoms with Gasteiger partial charge in [0.25, 0.3) is 0 Å². The highest BCUT2D eigenvalue weighted by atomic mass is 19.1. The predicted octanol–water partition coefficient (Wildman–Crippen LogP) is 2.47. The van der Waals surface area contributed by atoms with Gasteiger partial charge in [-0.3, -0.25) is 4.79 Å². The van der Waals surface area contributed by atoms with Gasteiger partial charge in [-0.1, -0.05) is 6.07 Å². The van der Waals surface area contributed by atoms with E-state index in [4.69, 9.17) is 9.47 Å². The van der Waals surface area contributed by atoms with Crippen molar-refractivity contribution in [1.82, 2.24) is 4.98 Å². The summed E-state index contributed by atoms with van der Waals surface area (Å²) in [6, 6.07) is 7.42. The zero-order valence-electron chi connectivity index (χ0n) is 10.5. The minimum atomic E-state index is -0.656. The van der Waals surface area contributed by atoms with Gasteiger partial charge in [-0.15, -0.1) is 0 Å². The van der Waals surface area contributed by atoms with Crippen molar-refractivity contribution in [1.29, 1.82) is 0 Å². The van der Waals surface area contributed by atoms with Crippen molar-refractivity contribution in [2.24, 2.45) is 0 Å². The van der Waals surface area contributed by atoms with Gasteiger partial charge in [0.1, 0.15) is 22.9 Å². The van der Waals surface area contributed by atoms with Crippen LogP contribution in [0.5, 0.6) is 11.5 Å². The fourth-order valence-corrected chi connectivity index (χ4v) is 1.74. The van der Waals surface area contributed by atoms with Crippen LogP contribution >= 0.6 is 0 Å². The van der Waals surface area contributed by atoms with E-state index in [1.54, 1.807) is 12.1 Å². The lowest BCUT2D eigenvalue weighted by Gasteiger charge is -2.10. The Bertz CT molecular complexity index is 613. The van der Waals surface area contributed by atoms with E-state index >= 15 is 0 Å². The Labute approximate surface area is 109 Å². The molecule has 5 heteroatoms. The SMILES string of the molecule is COc1cccnc1C(=O)c1c(F)cccc1OC. The lowest BCUT2D eigenvalue weighted by molar-refractivity contribution is 0.102. The van der Waals surface area contributed by atoms with E-state index in [-0.39, 0.29) is 22.8 Å². The quantitative estimate of drug-likeness (QED) is 0.793. The highest BCUT2D eigenvalue weighted by Crippen LogP contribution is 2.26. The van der Waals surface area contributed by atoms with Gasteiger partial charge in [-0.05, 0) is 24.3 Å². The Hall–Kier alpha value is -2.43. The highest BCUT2D eigenvalue weighted by Gasteiger charge is 2.23. The van der Waals surface area contributed by atoms with Crippen LogP contribution in [0.3, 0.4) is 0 Å². The molecule has 0 saturated carbocycles. The second-order valence-electron chi connectivity index (χ2n) is 3.70. The molecule has 0 fully saturated rings. The van der Waals surface area contributed by atoms with Gasteiger partial charge < -0.3 is 9.47 Å². The standard InChI is InChI=1S/C14H12FNO3/c1-18-10-6-3-5-9(15)12(10)14(17)13-11(19-2)7-4-8-16-13/h3-8H,1-2H3. The number of benzene rings is 1. The Balaban J connectivity index is 2.56. The Morgan fingerprint density at radius 2 is 1.79 bits per heavy atom. The minimum Gasteiger partial charge on any atom is -0.496 e. The van der Waals surface area contributed by atoms with E-state index in [0.717, 1.165) is 0 Å². The molecule has 0 saturated heterocycles. The van der Waals surface area contributed by atoms with E-state index in [9.17, 15) is 9.18 Å². The van der Waals surface area contributed by atoms with Crippen molar-refractivity contribution in [3.8, 4) is 11.5 Å². The number of hydrogen-bond donors (Lipinski definition) is 0. The summed E-state index contributed by atoms with van der Waals surface area (Å²) in [6.07, 6.45) is 1.45. The third kappa shape index (κ3) is 2.40. The molecule has 98 valence electrons. The Morgan fingerprint density at radius 3 is 2.47 bits per heavy atom. The van der Waals surface area contributed by atoms with E-state index in [1.807, 2.05) is 0 Å². The molecule has 0 amide bonds. The fourth-order valence-electron chi connectivity index (χ4n) is 1.74. The zero-order valence-corrected chi connectivity index (χ0v) is 10.5. The van der Waals surface area contributed by atoms with E-state index in [0.29, 0.717) is 0 Å². The van der Waals surface area contributed by atoms with Gasteiger partial charge in [0.15, 0.2) is 5.69 Å². The molecule has 2 rings (SSSR count). The molecule has 0 radical (unpaired) electrons. The summed E-state index contributed by atoms with van der Waals surface area (Å²) in [5.74, 6) is -0.778. The maximum absolute atomic E-state index is 13.8. The first-order valence-corrected chi connectivity index (χ1v) is 5.55. The summed E-state index contributed by atoms with van der Waals surface area (Å²) in [5, 5.41) is 0. The van der Waals surface area contributed by atoms with Crippen LogP contribution in [0, 0.1) is 5.82 Å². The van der Waals surface area contributed by atoms with Crippen LogP contribution in [0.25, 0.3) is 0 Å². The van der Waals surface area contributed by atoms with Crippen LogP contribution in [-0.2, 0) is 0 Å². The maximum Gasteiger partial charge on any atom is 0.221 e. The molecule has 0 bridgehead atoms. The van der Waals surface area contributed by atoms with Crippen molar-refractivity contribution in [3.05, 3.63) is 53.6 Å². The third-order valence-electron chi connectivity index (χ3n) is 2.63. The molecule has 0 spiro atoms. The van der Waals surface area contributed by atoms with Crippen LogP contribution in [0.1, 0.15) is 16.1 Å². The smallest absolute Gasteiger partial charge is 0.221 e. The lowest BCUT2D eigenvalue weighted by Crippen LogP contribution is -2.10. The summed E-state index contributed by atoms with van der Waals surface area (Å²) in [5.41, 5.74) is -0.101. The monoisotopic (exact) mass is 261 g/mol. The van der Waals surface area contributed by atoms with E-state index in [2.05, 4.69) is 4.98 Å². The predicted molar refractivity (Wildman–Crippen MR) is 67.2 cm³/mol. The number of ketones is 1. The number of rotatable bonds is 4. The molecule has 2 aromatic rings. The molecule has 1 heterocycles. The number of nitrogens with zero attached hydrogens (tertiary/aromatic N) is 1. The van der Waals surface area contributed by atoms with Crippen LogP contribution < -0.4 is 9.47 Å². The molecule has 19 heavy (non-hydrogen) atoms. The first-order valence-electron chi connectivity index (χ1n) is 5.55. The van der Waals surface area contributed by atoms with Gasteiger partial charge >= 0.3 is 0 Å². The van der Waals surface area contributed by atoms with Crippen molar-refractivity contribution < 1.29 is 18.7 Å². The molecule has 0 aliphatic heterocycles. The lowest BCUT2D eigenvalue weighted by atomic mass is 10.1. The average molecular weight is 261 g/mol. The van der Waals surface area contributed by atoms with Gasteiger partial charge in [0, 0.05) is 6.20 Å². The largest absolute Gasteiger partial charge is 0.496 e. The molecule has 1 aromatic heterocycles. The molecule has 4 nitrogen and oxygen atoms in total. The summed E-state index contributed by atoms with van der Waals surface area (Å²) in [4.78, 5) is 16.3. The summed E-state index contributed by atoms with van der Waals surface area (Å²) in [7, 11) is 2.80. The number of ether oxygens (including phenoxy) is 2. The molecular weight excluding hydrogens is 249 g/mol. The number of carbonyl (C=O) groups is 1. The Kier molecular flexibility index (Phi) is 3.75. The van der Waals surface area contributed by atoms with Gasteiger partial charge in [-0.2, -0.15) is 0 Å². The van der Waals surface area contributed by atoms with Gasteiger partial charge in [-0.25, -0.2) is 9.37 Å². The van der Waals surface area contributed by atoms with E-state index in [1.165, 1.54) is 38.6 Å². The summed E-state index contributed by atoms with van der Waals surface area (Å²) in [6.45, 7) is 0. The molecule has 0 N–H and O–H groups in total. The van der Waals surface area contributed by atoms with E-state index < -0.39 is 11.6 Å². The summed E-state index contributed by atoms with van der Waals surface area (Å²) >= 11 is 0. The topological polar surface area (TPSA) is 48.4 Å². The number of halogens is 1. The third-order valence-corrected chi connectivity index (χ3v) is 2.63. The molecule has 0 aliphatic carbocycles. The zero-order chi connectivity index (χ0) is 13.8. The highest BCUT2D eigenvalue weighted by molar-refractivity contribution is 6.11. The second-order valence-corrected chi connectivity index (χ2v) is 3.70. The molecular formula is C14H12FNO3. The number of hydrogen-bond acceptors (Lipinski definition) is 4. The normalized spacial score (nSPS) is 10.1.